The van der Waals surface area contributed by atoms with Crippen molar-refractivity contribution in [1.29, 1.82) is 0 Å². The summed E-state index contributed by atoms with van der Waals surface area (Å²) in [5.41, 5.74) is 7.32. The lowest BCUT2D eigenvalue weighted by molar-refractivity contribution is 0.194. The van der Waals surface area contributed by atoms with Crippen LogP contribution in [0.2, 0.25) is 0 Å². The minimum atomic E-state index is 0.240. The lowest BCUT2D eigenvalue weighted by Crippen LogP contribution is -2.32. The van der Waals surface area contributed by atoms with Crippen LogP contribution in [-0.2, 0) is 0 Å². The van der Waals surface area contributed by atoms with Crippen molar-refractivity contribution in [2.24, 2.45) is 21.8 Å². The Morgan fingerprint density at radius 3 is 2.65 bits per heavy atom. The van der Waals surface area contributed by atoms with E-state index in [9.17, 15) is 0 Å². The zero-order valence-corrected chi connectivity index (χ0v) is 14.8. The van der Waals surface area contributed by atoms with Crippen LogP contribution in [0.3, 0.4) is 0 Å². The minimum absolute atomic E-state index is 0.240. The van der Waals surface area contributed by atoms with Gasteiger partial charge in [-0.05, 0) is 30.6 Å². The maximum absolute atomic E-state index is 4.77. The molecule has 0 saturated heterocycles. The molecule has 0 radical (unpaired) electrons. The lowest BCUT2D eigenvalue weighted by Gasteiger charge is -2.34. The lowest BCUT2D eigenvalue weighted by atomic mass is 9.70. The van der Waals surface area contributed by atoms with Crippen molar-refractivity contribution in [3.63, 3.8) is 0 Å². The molecular formula is C19H23N3S. The minimum Gasteiger partial charge on any atom is -0.253 e. The number of anilines is 1. The molecule has 2 atom stereocenters. The normalized spacial score (nSPS) is 30.0. The summed E-state index contributed by atoms with van der Waals surface area (Å²) >= 11 is 1.62. The Hall–Kier alpha value is -1.68. The molecule has 3 nitrogen and oxygen atoms in total. The first-order chi connectivity index (χ1) is 11.0. The van der Waals surface area contributed by atoms with Gasteiger partial charge in [-0.3, -0.25) is 5.43 Å². The van der Waals surface area contributed by atoms with E-state index in [2.05, 4.69) is 48.7 Å². The van der Waals surface area contributed by atoms with Crippen molar-refractivity contribution in [1.82, 2.24) is 4.98 Å². The van der Waals surface area contributed by atoms with Crippen LogP contribution >= 0.6 is 11.3 Å². The van der Waals surface area contributed by atoms with Gasteiger partial charge in [0.2, 0.25) is 5.13 Å². The molecule has 2 bridgehead atoms. The second kappa shape index (κ2) is 5.17. The van der Waals surface area contributed by atoms with E-state index < -0.39 is 0 Å². The molecule has 2 aliphatic carbocycles. The molecule has 2 fully saturated rings. The van der Waals surface area contributed by atoms with Crippen molar-refractivity contribution < 1.29 is 0 Å². The van der Waals surface area contributed by atoms with Gasteiger partial charge < -0.3 is 0 Å². The van der Waals surface area contributed by atoms with E-state index in [0.717, 1.165) is 28.7 Å². The molecule has 2 aliphatic rings. The van der Waals surface area contributed by atoms with Gasteiger partial charge in [0.05, 0.1) is 5.69 Å². The molecule has 0 spiro atoms. The van der Waals surface area contributed by atoms with Gasteiger partial charge >= 0.3 is 0 Å². The average molecular weight is 325 g/mol. The fourth-order valence-electron chi connectivity index (χ4n) is 4.28. The summed E-state index contributed by atoms with van der Waals surface area (Å²) in [6.45, 7) is 7.20. The summed E-state index contributed by atoms with van der Waals surface area (Å²) in [5, 5.41) is 7.73. The summed E-state index contributed by atoms with van der Waals surface area (Å²) in [7, 11) is 0. The number of nitrogens with one attached hydrogen (secondary N) is 1. The molecule has 1 N–H and O–H groups in total. The summed E-state index contributed by atoms with van der Waals surface area (Å²) < 4.78 is 0. The summed E-state index contributed by atoms with van der Waals surface area (Å²) in [4.78, 5) is 4.66. The van der Waals surface area contributed by atoms with Crippen molar-refractivity contribution in [2.75, 3.05) is 5.43 Å². The molecule has 0 amide bonds. The Morgan fingerprint density at radius 1 is 1.22 bits per heavy atom. The van der Waals surface area contributed by atoms with Crippen LogP contribution in [0.15, 0.2) is 40.8 Å². The van der Waals surface area contributed by atoms with Gasteiger partial charge in [-0.25, -0.2) is 4.98 Å². The molecular weight excluding hydrogens is 302 g/mol. The number of fused-ring (bicyclic) bond motifs is 2. The molecule has 4 heteroatoms. The third kappa shape index (κ3) is 2.23. The van der Waals surface area contributed by atoms with Gasteiger partial charge in [0.1, 0.15) is 0 Å². The van der Waals surface area contributed by atoms with E-state index in [0.29, 0.717) is 5.41 Å². The number of hydrogen-bond donors (Lipinski definition) is 1. The Kier molecular flexibility index (Phi) is 3.34. The molecule has 120 valence electrons. The average Bonchev–Trinajstić information content (AvgIpc) is 3.16. The maximum atomic E-state index is 4.77. The number of rotatable bonds is 3. The number of thiazole rings is 1. The summed E-state index contributed by atoms with van der Waals surface area (Å²) in [5.74, 6) is 0.782. The van der Waals surface area contributed by atoms with Crippen LogP contribution < -0.4 is 5.43 Å². The van der Waals surface area contributed by atoms with E-state index >= 15 is 0 Å². The van der Waals surface area contributed by atoms with Crippen LogP contribution in [0.5, 0.6) is 0 Å². The first-order valence-corrected chi connectivity index (χ1v) is 9.23. The molecule has 2 aromatic rings. The van der Waals surface area contributed by atoms with E-state index in [1.807, 2.05) is 18.2 Å². The van der Waals surface area contributed by atoms with E-state index in [4.69, 9.17) is 5.10 Å². The first-order valence-electron chi connectivity index (χ1n) is 8.35. The number of hydrogen-bond acceptors (Lipinski definition) is 4. The molecule has 1 aromatic carbocycles. The largest absolute Gasteiger partial charge is 0.253 e. The SMILES string of the molecule is CC1(C)C2CC[C@]1(C)C(=NNc1nc(-c3ccccc3)cs1)C2. The predicted octanol–water partition coefficient (Wildman–Crippen LogP) is 5.42. The van der Waals surface area contributed by atoms with E-state index in [1.54, 1.807) is 11.3 Å². The van der Waals surface area contributed by atoms with Crippen LogP contribution in [0.4, 0.5) is 5.13 Å². The fraction of sp³-hybridized carbons (Fsp3) is 0.474. The molecule has 1 heterocycles. The van der Waals surface area contributed by atoms with Crippen molar-refractivity contribution in [3.05, 3.63) is 35.7 Å². The monoisotopic (exact) mass is 325 g/mol. The van der Waals surface area contributed by atoms with Gasteiger partial charge in [-0.15, -0.1) is 11.3 Å². The number of nitrogens with zero attached hydrogens (tertiary/aromatic N) is 2. The fourth-order valence-corrected chi connectivity index (χ4v) is 4.94. The Balaban J connectivity index is 1.53. The highest BCUT2D eigenvalue weighted by Crippen LogP contribution is 2.63. The van der Waals surface area contributed by atoms with Gasteiger partial charge in [0.25, 0.3) is 0 Å². The Labute approximate surface area is 141 Å². The Bertz CT molecular complexity index is 747. The topological polar surface area (TPSA) is 37.3 Å². The quantitative estimate of drug-likeness (QED) is 0.765. The zero-order valence-electron chi connectivity index (χ0n) is 14.0. The highest BCUT2D eigenvalue weighted by molar-refractivity contribution is 7.14. The smallest absolute Gasteiger partial charge is 0.203 e. The molecule has 1 aromatic heterocycles. The number of benzene rings is 1. The third-order valence-electron chi connectivity index (χ3n) is 6.37. The second-order valence-electron chi connectivity index (χ2n) is 7.57. The van der Waals surface area contributed by atoms with Gasteiger partial charge in [0.15, 0.2) is 0 Å². The summed E-state index contributed by atoms with van der Waals surface area (Å²) in [6, 6.07) is 10.3. The maximum Gasteiger partial charge on any atom is 0.203 e. The van der Waals surface area contributed by atoms with E-state index in [-0.39, 0.29) is 5.41 Å². The van der Waals surface area contributed by atoms with Gasteiger partial charge in [0, 0.05) is 22.1 Å². The molecule has 23 heavy (non-hydrogen) atoms. The first kappa shape index (κ1) is 14.9. The Morgan fingerprint density at radius 2 is 2.00 bits per heavy atom. The predicted molar refractivity (Wildman–Crippen MR) is 97.8 cm³/mol. The molecule has 0 aliphatic heterocycles. The standard InChI is InChI=1S/C19H23N3S/c1-18(2)14-9-10-19(18,3)16(11-14)21-22-17-20-15(12-23-17)13-7-5-4-6-8-13/h4-8,12,14H,9-11H2,1-3H3,(H,20,22)/t14?,19-/m1/s1. The third-order valence-corrected chi connectivity index (χ3v) is 7.12. The van der Waals surface area contributed by atoms with Crippen molar-refractivity contribution >= 4 is 22.2 Å². The van der Waals surface area contributed by atoms with Gasteiger partial charge in [-0.1, -0.05) is 51.1 Å². The highest BCUT2D eigenvalue weighted by Gasteiger charge is 2.59. The molecule has 4 rings (SSSR count). The highest BCUT2D eigenvalue weighted by atomic mass is 32.1. The van der Waals surface area contributed by atoms with Crippen LogP contribution in [0, 0.1) is 16.7 Å². The van der Waals surface area contributed by atoms with Crippen LogP contribution in [-0.4, -0.2) is 10.7 Å². The van der Waals surface area contributed by atoms with Crippen molar-refractivity contribution in [3.8, 4) is 11.3 Å². The van der Waals surface area contributed by atoms with Crippen LogP contribution in [0.1, 0.15) is 40.0 Å². The number of hydrazone groups is 1. The van der Waals surface area contributed by atoms with Crippen molar-refractivity contribution in [2.45, 2.75) is 40.0 Å². The molecule has 2 saturated carbocycles. The summed E-state index contributed by atoms with van der Waals surface area (Å²) in [6.07, 6.45) is 3.74. The molecule has 1 unspecified atom stereocenters. The van der Waals surface area contributed by atoms with Gasteiger partial charge in [-0.2, -0.15) is 5.10 Å². The van der Waals surface area contributed by atoms with E-state index in [1.165, 1.54) is 18.6 Å². The second-order valence-corrected chi connectivity index (χ2v) is 8.43. The van der Waals surface area contributed by atoms with Crippen LogP contribution in [0.25, 0.3) is 11.3 Å². The zero-order chi connectivity index (χ0) is 16.1. The number of aromatic nitrogens is 1.